The van der Waals surface area contributed by atoms with Crippen molar-refractivity contribution in [3.8, 4) is 5.75 Å². The molecule has 13 heteroatoms. The van der Waals surface area contributed by atoms with Crippen LogP contribution in [0.1, 0.15) is 48.0 Å². The molecule has 42 heavy (non-hydrogen) atoms. The van der Waals surface area contributed by atoms with Crippen LogP contribution in [0.2, 0.25) is 5.15 Å². The van der Waals surface area contributed by atoms with Gasteiger partial charge in [0.25, 0.3) is 5.91 Å². The molecule has 2 amide bonds. The minimum atomic E-state index is -0.951. The van der Waals surface area contributed by atoms with Crippen molar-refractivity contribution in [3.05, 3.63) is 76.1 Å². The molecule has 0 aliphatic rings. The summed E-state index contributed by atoms with van der Waals surface area (Å²) in [7, 11) is 0. The highest BCUT2D eigenvalue weighted by atomic mass is 35.5. The highest BCUT2D eigenvalue weighted by Crippen LogP contribution is 2.21. The van der Waals surface area contributed by atoms with Gasteiger partial charge in [0.15, 0.2) is 22.5 Å². The topological polar surface area (TPSA) is 163 Å². The third-order valence-electron chi connectivity index (χ3n) is 6.07. The highest BCUT2D eigenvalue weighted by molar-refractivity contribution is 6.61. The van der Waals surface area contributed by atoms with Crippen molar-refractivity contribution in [2.75, 3.05) is 24.6 Å². The number of nitrogens with one attached hydrogen (secondary N) is 1. The molecule has 3 rings (SSSR count). The van der Waals surface area contributed by atoms with Crippen molar-refractivity contribution >= 4 is 52.3 Å². The molecule has 1 aromatic heterocycles. The first-order valence-corrected chi connectivity index (χ1v) is 13.8. The van der Waals surface area contributed by atoms with E-state index in [0.29, 0.717) is 6.42 Å². The van der Waals surface area contributed by atoms with Crippen molar-refractivity contribution in [3.63, 3.8) is 0 Å². The van der Waals surface area contributed by atoms with E-state index in [9.17, 15) is 14.4 Å². The van der Waals surface area contributed by atoms with Gasteiger partial charge in [-0.15, -0.1) is 0 Å². The second-order valence-electron chi connectivity index (χ2n) is 10.7. The van der Waals surface area contributed by atoms with E-state index in [2.05, 4.69) is 15.3 Å². The fourth-order valence-corrected chi connectivity index (χ4v) is 4.31. The Morgan fingerprint density at radius 3 is 2.31 bits per heavy atom. The summed E-state index contributed by atoms with van der Waals surface area (Å²) < 4.78 is 10.6. The van der Waals surface area contributed by atoms with Crippen LogP contribution in [0, 0.1) is 12.8 Å². The summed E-state index contributed by atoms with van der Waals surface area (Å²) in [6.45, 7) is 7.93. The molecule has 0 radical (unpaired) electrons. The molecule has 0 aliphatic carbocycles. The zero-order chi connectivity index (χ0) is 31.0. The van der Waals surface area contributed by atoms with Gasteiger partial charge < -0.3 is 31.2 Å². The first-order valence-electron chi connectivity index (χ1n) is 13.1. The van der Waals surface area contributed by atoms with Crippen LogP contribution in [0.5, 0.6) is 5.75 Å². The number of aryl methyl sites for hydroxylation is 1. The average molecular weight is 618 g/mol. The number of hydrogen-bond acceptors (Lipinski definition) is 9. The molecule has 0 bridgehead atoms. The van der Waals surface area contributed by atoms with Crippen LogP contribution in [-0.4, -0.2) is 51.0 Å². The minimum Gasteiger partial charge on any atom is -0.444 e. The third-order valence-corrected chi connectivity index (χ3v) is 6.42. The molecular weight excluding hydrogens is 583 g/mol. The standard InChI is InChI=1S/C29H34Cl2N6O5/c1-17-7-5-6-8-20(17)13-19(14-34-26(38)22-24(32)36-25(33)23(30)35-22)16-37(28(40)42-29(2,3)4)15-18-9-11-21(12-10-18)41-27(31)39/h5-12,19H,13-16H2,1-4H3,(H,34,38)(H4,32,33,36). The van der Waals surface area contributed by atoms with Gasteiger partial charge >= 0.3 is 11.5 Å². The number of carbonyl (C=O) groups excluding carboxylic acids is 3. The molecule has 1 atom stereocenters. The molecule has 224 valence electrons. The van der Waals surface area contributed by atoms with E-state index >= 15 is 0 Å². The van der Waals surface area contributed by atoms with Crippen LogP contribution in [0.25, 0.3) is 0 Å². The van der Waals surface area contributed by atoms with E-state index in [4.69, 9.17) is 44.1 Å². The largest absolute Gasteiger partial charge is 0.444 e. The van der Waals surface area contributed by atoms with Gasteiger partial charge in [-0.2, -0.15) is 0 Å². The summed E-state index contributed by atoms with van der Waals surface area (Å²) >= 11 is 11.3. The van der Waals surface area contributed by atoms with Gasteiger partial charge in [0.2, 0.25) is 0 Å². The van der Waals surface area contributed by atoms with E-state index < -0.39 is 23.0 Å². The number of hydrogen-bond donors (Lipinski definition) is 3. The van der Waals surface area contributed by atoms with E-state index in [0.717, 1.165) is 16.7 Å². The second kappa shape index (κ2) is 14.2. The Kier molecular flexibility index (Phi) is 11.0. The molecule has 1 heterocycles. The molecule has 0 saturated heterocycles. The van der Waals surface area contributed by atoms with Crippen LogP contribution in [-0.2, 0) is 17.7 Å². The molecule has 0 spiro atoms. The number of nitrogens with two attached hydrogens (primary N) is 2. The number of anilines is 2. The van der Waals surface area contributed by atoms with Crippen LogP contribution < -0.4 is 21.5 Å². The van der Waals surface area contributed by atoms with Gasteiger partial charge in [0.05, 0.1) is 0 Å². The summed E-state index contributed by atoms with van der Waals surface area (Å²) in [5, 5.41) is 2.72. The Hall–Kier alpha value is -4.09. The van der Waals surface area contributed by atoms with E-state index in [1.165, 1.54) is 0 Å². The van der Waals surface area contributed by atoms with E-state index in [1.54, 1.807) is 49.9 Å². The number of amides is 2. The molecule has 3 aromatic rings. The highest BCUT2D eigenvalue weighted by Gasteiger charge is 2.26. The van der Waals surface area contributed by atoms with Crippen LogP contribution in [0.15, 0.2) is 48.5 Å². The van der Waals surface area contributed by atoms with Crippen molar-refractivity contribution in [1.82, 2.24) is 20.2 Å². The zero-order valence-corrected chi connectivity index (χ0v) is 25.3. The number of nitrogens with zero attached hydrogens (tertiary/aromatic N) is 3. The maximum atomic E-state index is 13.4. The number of aromatic nitrogens is 2. The van der Waals surface area contributed by atoms with Crippen LogP contribution >= 0.6 is 23.2 Å². The first-order chi connectivity index (χ1) is 19.7. The summed E-state index contributed by atoms with van der Waals surface area (Å²) in [6.07, 6.45) is 0.0147. The summed E-state index contributed by atoms with van der Waals surface area (Å²) in [4.78, 5) is 46.9. The van der Waals surface area contributed by atoms with Gasteiger partial charge in [0, 0.05) is 31.2 Å². The second-order valence-corrected chi connectivity index (χ2v) is 11.4. The fraction of sp³-hybridized carbons (Fsp3) is 0.345. The summed E-state index contributed by atoms with van der Waals surface area (Å²) in [6, 6.07) is 14.5. The number of benzene rings is 2. The van der Waals surface area contributed by atoms with Gasteiger partial charge in [-0.1, -0.05) is 48.0 Å². The molecular formula is C29H34Cl2N6O5. The fourth-order valence-electron chi connectivity index (χ4n) is 4.10. The normalized spacial score (nSPS) is 11.9. The third kappa shape index (κ3) is 9.78. The monoisotopic (exact) mass is 616 g/mol. The Morgan fingerprint density at radius 2 is 1.69 bits per heavy atom. The predicted octanol–water partition coefficient (Wildman–Crippen LogP) is 5.37. The zero-order valence-electron chi connectivity index (χ0n) is 23.8. The number of carbonyl (C=O) groups is 3. The molecule has 0 aliphatic heterocycles. The van der Waals surface area contributed by atoms with Crippen molar-refractivity contribution in [2.45, 2.75) is 46.3 Å². The molecule has 1 unspecified atom stereocenters. The summed E-state index contributed by atoms with van der Waals surface area (Å²) in [5.74, 6) is -0.788. The van der Waals surface area contributed by atoms with Gasteiger partial charge in [-0.3, -0.25) is 4.79 Å². The maximum Gasteiger partial charge on any atom is 0.410 e. The first kappa shape index (κ1) is 32.4. The number of rotatable bonds is 10. The van der Waals surface area contributed by atoms with Crippen molar-refractivity contribution < 1.29 is 23.9 Å². The van der Waals surface area contributed by atoms with Gasteiger partial charge in [-0.25, -0.2) is 19.6 Å². The smallest absolute Gasteiger partial charge is 0.410 e. The number of nitrogen functional groups attached to an aromatic ring is 2. The van der Waals surface area contributed by atoms with Crippen molar-refractivity contribution in [1.29, 1.82) is 0 Å². The molecule has 0 fully saturated rings. The lowest BCUT2D eigenvalue weighted by Crippen LogP contribution is -2.42. The van der Waals surface area contributed by atoms with Crippen LogP contribution in [0.4, 0.5) is 21.2 Å². The average Bonchev–Trinajstić information content (AvgIpc) is 2.89. The lowest BCUT2D eigenvalue weighted by atomic mass is 9.95. The lowest BCUT2D eigenvalue weighted by molar-refractivity contribution is 0.0202. The summed E-state index contributed by atoms with van der Waals surface area (Å²) in [5.41, 5.74) is 12.6. The van der Waals surface area contributed by atoms with Crippen molar-refractivity contribution in [2.24, 2.45) is 5.92 Å². The van der Waals surface area contributed by atoms with E-state index in [-0.39, 0.29) is 53.8 Å². The van der Waals surface area contributed by atoms with Gasteiger partial charge in [-0.05, 0) is 68.9 Å². The Balaban J connectivity index is 1.87. The predicted molar refractivity (Wildman–Crippen MR) is 162 cm³/mol. The molecule has 2 aromatic carbocycles. The Morgan fingerprint density at radius 1 is 1.02 bits per heavy atom. The molecule has 0 saturated carbocycles. The number of ether oxygens (including phenoxy) is 2. The Labute approximate surface area is 254 Å². The lowest BCUT2D eigenvalue weighted by Gasteiger charge is -2.31. The van der Waals surface area contributed by atoms with Gasteiger partial charge in [0.1, 0.15) is 11.4 Å². The van der Waals surface area contributed by atoms with E-state index in [1.807, 2.05) is 31.2 Å². The maximum absolute atomic E-state index is 13.4. The Bertz CT molecular complexity index is 1430. The SMILES string of the molecule is Cc1ccccc1CC(CNC(=O)c1nc(Cl)c(N)nc1N)CN(Cc1ccc(OC(=O)Cl)cc1)C(=O)OC(C)(C)C. The molecule has 5 N–H and O–H groups in total. The molecule has 11 nitrogen and oxygen atoms in total. The quantitative estimate of drug-likeness (QED) is 0.254. The van der Waals surface area contributed by atoms with Crippen LogP contribution in [0.3, 0.4) is 0 Å². The number of halogens is 2. The minimum absolute atomic E-state index is 0.0787.